The third-order valence-corrected chi connectivity index (χ3v) is 3.12. The van der Waals surface area contributed by atoms with Crippen LogP contribution in [0.5, 0.6) is 5.88 Å². The first-order valence-electron chi connectivity index (χ1n) is 6.29. The number of hydrogen-bond acceptors (Lipinski definition) is 5. The Labute approximate surface area is 113 Å². The quantitative estimate of drug-likeness (QED) is 0.869. The molecule has 1 unspecified atom stereocenters. The number of nitrogens with zero attached hydrogens (tertiary/aromatic N) is 2. The molecule has 1 aromatic heterocycles. The zero-order valence-electron chi connectivity index (χ0n) is 10.5. The molecule has 0 bridgehead atoms. The van der Waals surface area contributed by atoms with Gasteiger partial charge in [-0.1, -0.05) is 0 Å². The molecule has 0 aromatic carbocycles. The molecule has 1 aliphatic heterocycles. The van der Waals surface area contributed by atoms with Crippen molar-refractivity contribution in [2.75, 3.05) is 18.4 Å². The number of rotatable bonds is 4. The molecule has 2 N–H and O–H groups in total. The van der Waals surface area contributed by atoms with E-state index in [1.54, 1.807) is 0 Å². The van der Waals surface area contributed by atoms with Crippen molar-refractivity contribution < 1.29 is 4.74 Å². The van der Waals surface area contributed by atoms with Crippen LogP contribution < -0.4 is 15.4 Å². The molecule has 1 aromatic rings. The Morgan fingerprint density at radius 3 is 2.89 bits per heavy atom. The van der Waals surface area contributed by atoms with Crippen molar-refractivity contribution in [2.24, 2.45) is 0 Å². The maximum Gasteiger partial charge on any atom is 0.226 e. The largest absolute Gasteiger partial charge is 0.474 e. The van der Waals surface area contributed by atoms with Gasteiger partial charge >= 0.3 is 0 Å². The van der Waals surface area contributed by atoms with Gasteiger partial charge in [-0.2, -0.15) is 4.98 Å². The van der Waals surface area contributed by atoms with Crippen LogP contribution in [0.2, 0.25) is 0 Å². The van der Waals surface area contributed by atoms with Crippen LogP contribution in [-0.4, -0.2) is 35.2 Å². The van der Waals surface area contributed by atoms with Crippen LogP contribution in [-0.2, 0) is 0 Å². The number of hydrogen-bond donors (Lipinski definition) is 2. The van der Waals surface area contributed by atoms with Crippen molar-refractivity contribution in [1.82, 2.24) is 15.3 Å². The molecule has 100 valence electrons. The van der Waals surface area contributed by atoms with Gasteiger partial charge in [0.05, 0.1) is 0 Å². The number of aryl methyl sites for hydroxylation is 1. The fourth-order valence-corrected chi connectivity index (χ4v) is 1.92. The maximum atomic E-state index is 5.75. The minimum atomic E-state index is 0. The summed E-state index contributed by atoms with van der Waals surface area (Å²) in [7, 11) is 0. The molecule has 1 aliphatic carbocycles. The standard InChI is InChI=1S/C12H18N4O.ClH/c1-8-6-14-12(15-9-4-5-13-7-9)16-11(8)17-10-2-3-10;/h6,9-10,13H,2-5,7H2,1H3,(H,14,15,16);1H. The van der Waals surface area contributed by atoms with E-state index in [9.17, 15) is 0 Å². The van der Waals surface area contributed by atoms with Gasteiger partial charge in [-0.05, 0) is 32.7 Å². The zero-order valence-corrected chi connectivity index (χ0v) is 11.3. The summed E-state index contributed by atoms with van der Waals surface area (Å²) in [6.07, 6.45) is 5.63. The molecule has 2 heterocycles. The van der Waals surface area contributed by atoms with E-state index in [4.69, 9.17) is 4.74 Å². The van der Waals surface area contributed by atoms with E-state index in [1.165, 1.54) is 0 Å². The number of anilines is 1. The van der Waals surface area contributed by atoms with E-state index in [2.05, 4.69) is 20.6 Å². The number of aromatic nitrogens is 2. The van der Waals surface area contributed by atoms with Gasteiger partial charge in [0.2, 0.25) is 11.8 Å². The molecular weight excluding hydrogens is 252 g/mol. The Bertz CT molecular complexity index is 405. The minimum absolute atomic E-state index is 0. The van der Waals surface area contributed by atoms with Crippen LogP contribution in [0.1, 0.15) is 24.8 Å². The summed E-state index contributed by atoms with van der Waals surface area (Å²) in [6, 6.07) is 0.437. The van der Waals surface area contributed by atoms with Crippen LogP contribution in [0.15, 0.2) is 6.20 Å². The lowest BCUT2D eigenvalue weighted by atomic mass is 10.3. The Morgan fingerprint density at radius 2 is 2.22 bits per heavy atom. The fourth-order valence-electron chi connectivity index (χ4n) is 1.92. The van der Waals surface area contributed by atoms with Gasteiger partial charge in [0, 0.05) is 24.3 Å². The third kappa shape index (κ3) is 3.23. The van der Waals surface area contributed by atoms with Gasteiger partial charge in [0.1, 0.15) is 6.10 Å². The summed E-state index contributed by atoms with van der Waals surface area (Å²) < 4.78 is 5.75. The summed E-state index contributed by atoms with van der Waals surface area (Å²) in [5.74, 6) is 1.41. The monoisotopic (exact) mass is 270 g/mol. The molecule has 0 radical (unpaired) electrons. The highest BCUT2D eigenvalue weighted by molar-refractivity contribution is 5.85. The fraction of sp³-hybridized carbons (Fsp3) is 0.667. The van der Waals surface area contributed by atoms with Crippen molar-refractivity contribution in [1.29, 1.82) is 0 Å². The van der Waals surface area contributed by atoms with Crippen LogP contribution >= 0.6 is 12.4 Å². The van der Waals surface area contributed by atoms with E-state index in [1.807, 2.05) is 13.1 Å². The topological polar surface area (TPSA) is 59.1 Å². The van der Waals surface area contributed by atoms with Crippen LogP contribution in [0.25, 0.3) is 0 Å². The molecule has 2 aliphatic rings. The molecule has 0 spiro atoms. The average Bonchev–Trinajstić information content (AvgIpc) is 2.98. The predicted octanol–water partition coefficient (Wildman–Crippen LogP) is 1.52. The first-order valence-corrected chi connectivity index (χ1v) is 6.29. The highest BCUT2D eigenvalue weighted by Gasteiger charge is 2.25. The Balaban J connectivity index is 0.00000120. The Hall–Kier alpha value is -1.07. The molecule has 3 rings (SSSR count). The highest BCUT2D eigenvalue weighted by atomic mass is 35.5. The highest BCUT2D eigenvalue weighted by Crippen LogP contribution is 2.27. The van der Waals surface area contributed by atoms with E-state index in [-0.39, 0.29) is 12.4 Å². The lowest BCUT2D eigenvalue weighted by Gasteiger charge is -2.13. The maximum absolute atomic E-state index is 5.75. The van der Waals surface area contributed by atoms with Crippen LogP contribution in [0.3, 0.4) is 0 Å². The Kier molecular flexibility index (Phi) is 4.24. The summed E-state index contributed by atoms with van der Waals surface area (Å²) in [5, 5.41) is 6.65. The second-order valence-corrected chi connectivity index (χ2v) is 4.83. The molecule has 2 fully saturated rings. The smallest absolute Gasteiger partial charge is 0.226 e. The van der Waals surface area contributed by atoms with Crippen molar-refractivity contribution in [3.05, 3.63) is 11.8 Å². The van der Waals surface area contributed by atoms with Gasteiger partial charge in [-0.3, -0.25) is 0 Å². The van der Waals surface area contributed by atoms with E-state index in [0.717, 1.165) is 43.8 Å². The minimum Gasteiger partial charge on any atom is -0.474 e. The second kappa shape index (κ2) is 5.71. The van der Waals surface area contributed by atoms with Crippen LogP contribution in [0, 0.1) is 6.92 Å². The van der Waals surface area contributed by atoms with Gasteiger partial charge in [-0.15, -0.1) is 12.4 Å². The number of nitrogens with one attached hydrogen (secondary N) is 2. The van der Waals surface area contributed by atoms with Crippen molar-refractivity contribution in [3.63, 3.8) is 0 Å². The summed E-state index contributed by atoms with van der Waals surface area (Å²) >= 11 is 0. The average molecular weight is 271 g/mol. The predicted molar refractivity (Wildman–Crippen MR) is 72.6 cm³/mol. The molecule has 1 saturated carbocycles. The molecule has 0 amide bonds. The summed E-state index contributed by atoms with van der Waals surface area (Å²) in [5.41, 5.74) is 1.01. The zero-order chi connectivity index (χ0) is 11.7. The first-order chi connectivity index (χ1) is 8.31. The van der Waals surface area contributed by atoms with Gasteiger partial charge in [0.25, 0.3) is 0 Å². The molecule has 5 nitrogen and oxygen atoms in total. The molecule has 1 atom stereocenters. The molecule has 18 heavy (non-hydrogen) atoms. The third-order valence-electron chi connectivity index (χ3n) is 3.12. The first kappa shape index (κ1) is 13.4. The summed E-state index contributed by atoms with van der Waals surface area (Å²) in [6.45, 7) is 4.03. The number of halogens is 1. The molecule has 6 heteroatoms. The van der Waals surface area contributed by atoms with Crippen molar-refractivity contribution in [3.8, 4) is 5.88 Å². The van der Waals surface area contributed by atoms with Gasteiger partial charge in [-0.25, -0.2) is 4.98 Å². The lowest BCUT2D eigenvalue weighted by molar-refractivity contribution is 0.288. The van der Waals surface area contributed by atoms with Crippen molar-refractivity contribution in [2.45, 2.75) is 38.3 Å². The van der Waals surface area contributed by atoms with E-state index in [0.29, 0.717) is 18.1 Å². The molecule has 1 saturated heterocycles. The normalized spacial score (nSPS) is 22.4. The number of ether oxygens (including phenoxy) is 1. The Morgan fingerprint density at radius 1 is 1.39 bits per heavy atom. The second-order valence-electron chi connectivity index (χ2n) is 4.83. The van der Waals surface area contributed by atoms with Crippen LogP contribution in [0.4, 0.5) is 5.95 Å². The van der Waals surface area contributed by atoms with Crippen molar-refractivity contribution >= 4 is 18.4 Å². The summed E-state index contributed by atoms with van der Waals surface area (Å²) in [4.78, 5) is 8.74. The lowest BCUT2D eigenvalue weighted by Crippen LogP contribution is -2.23. The van der Waals surface area contributed by atoms with E-state index >= 15 is 0 Å². The molecular formula is C12H19ClN4O. The SMILES string of the molecule is Cc1cnc(NC2CCNC2)nc1OC1CC1.Cl. The van der Waals surface area contributed by atoms with Gasteiger partial charge in [0.15, 0.2) is 0 Å². The van der Waals surface area contributed by atoms with E-state index < -0.39 is 0 Å². The van der Waals surface area contributed by atoms with Gasteiger partial charge < -0.3 is 15.4 Å².